The van der Waals surface area contributed by atoms with Gasteiger partial charge in [-0.2, -0.15) is 0 Å². The van der Waals surface area contributed by atoms with E-state index < -0.39 is 0 Å². The number of ketones is 1. The van der Waals surface area contributed by atoms with Crippen LogP contribution in [-0.2, 0) is 47.9 Å². The average molecular weight is 1570 g/mol. The number of carbonyl (C=O) groups is 10. The average Bonchev–Trinajstić information content (AvgIpc) is 1.75. The molecule has 5 unspecified atom stereocenters. The Morgan fingerprint density at radius 2 is 0.432 bits per heavy atom. The van der Waals surface area contributed by atoms with Gasteiger partial charge in [0, 0.05) is 136 Å². The molecule has 5 heterocycles. The highest BCUT2D eigenvalue weighted by Gasteiger charge is 2.37. The van der Waals surface area contributed by atoms with Crippen molar-refractivity contribution in [2.45, 2.75) is 410 Å². The molecular weight excluding hydrogens is 1390 g/mol. The highest BCUT2D eigenvalue weighted by atomic mass is 16.2. The summed E-state index contributed by atoms with van der Waals surface area (Å²) in [6.45, 7) is 31.6. The van der Waals surface area contributed by atoms with Crippen LogP contribution in [0, 0.1) is 29.6 Å². The van der Waals surface area contributed by atoms with Crippen molar-refractivity contribution in [1.82, 2.24) is 45.8 Å². The summed E-state index contributed by atoms with van der Waals surface area (Å²) in [5.74, 6) is 0.761. The highest BCUT2D eigenvalue weighted by molar-refractivity contribution is 5.92. The largest absolute Gasteiger partial charge is 0.356 e. The zero-order chi connectivity index (χ0) is 81.8. The van der Waals surface area contributed by atoms with Gasteiger partial charge in [0.15, 0.2) is 0 Å². The maximum atomic E-state index is 12.2. The summed E-state index contributed by atoms with van der Waals surface area (Å²) in [7, 11) is 0. The van der Waals surface area contributed by atoms with Crippen molar-refractivity contribution < 1.29 is 47.9 Å². The SMILES string of the molecule is CCCCCCCC(=O)C1CC(=O)N(CC)C1.CCCCCCCCCCCCCCCCN1CC(C(=O)NCCCCC)CC1=O.CCCCCCCCCCCCN1CC(C(=O)NCCCCC)CC1=O.CCCCCCNC(=O)C1CC(=O)N(CCC)C1.CCCCCCNC(=O)C1CC(=O)N(CCCCC)C1. The van der Waals surface area contributed by atoms with Crippen molar-refractivity contribution in [3.8, 4) is 0 Å². The van der Waals surface area contributed by atoms with Gasteiger partial charge in [-0.05, 0) is 64.7 Å². The number of likely N-dealkylation sites (tertiary alicyclic amines) is 5. The topological polar surface area (TPSA) is 235 Å². The Morgan fingerprint density at radius 1 is 0.234 bits per heavy atom. The van der Waals surface area contributed by atoms with Gasteiger partial charge in [-0.3, -0.25) is 47.9 Å². The second kappa shape index (κ2) is 71.4. The predicted molar refractivity (Wildman–Crippen MR) is 459 cm³/mol. The van der Waals surface area contributed by atoms with Gasteiger partial charge in [-0.1, -0.05) is 306 Å². The summed E-state index contributed by atoms with van der Waals surface area (Å²) in [6.07, 6.45) is 60.8. The monoisotopic (exact) mass is 1560 g/mol. The molecule has 5 aliphatic rings. The van der Waals surface area contributed by atoms with Crippen LogP contribution in [0.5, 0.6) is 0 Å². The molecule has 0 aliphatic carbocycles. The molecule has 646 valence electrons. The summed E-state index contributed by atoms with van der Waals surface area (Å²) >= 11 is 0. The van der Waals surface area contributed by atoms with Crippen molar-refractivity contribution in [2.24, 2.45) is 29.6 Å². The lowest BCUT2D eigenvalue weighted by molar-refractivity contribution is -0.129. The van der Waals surface area contributed by atoms with Gasteiger partial charge in [0.1, 0.15) is 5.78 Å². The van der Waals surface area contributed by atoms with E-state index in [0.717, 1.165) is 162 Å². The summed E-state index contributed by atoms with van der Waals surface area (Å²) in [5.41, 5.74) is 0. The normalized spacial score (nSPS) is 18.0. The summed E-state index contributed by atoms with van der Waals surface area (Å²) < 4.78 is 0. The van der Waals surface area contributed by atoms with Crippen LogP contribution in [0.2, 0.25) is 0 Å². The third kappa shape index (κ3) is 52.2. The van der Waals surface area contributed by atoms with Gasteiger partial charge in [0.25, 0.3) is 0 Å². The molecule has 0 saturated carbocycles. The minimum absolute atomic E-state index is 0.0198. The molecule has 0 spiro atoms. The first-order valence-corrected chi connectivity index (χ1v) is 47.0. The van der Waals surface area contributed by atoms with E-state index in [9.17, 15) is 47.9 Å². The van der Waals surface area contributed by atoms with Gasteiger partial charge >= 0.3 is 0 Å². The van der Waals surface area contributed by atoms with Crippen LogP contribution in [0.4, 0.5) is 0 Å². The summed E-state index contributed by atoms with van der Waals surface area (Å²) in [5, 5.41) is 11.9. The van der Waals surface area contributed by atoms with Crippen LogP contribution in [0.15, 0.2) is 0 Å². The van der Waals surface area contributed by atoms with E-state index in [0.29, 0.717) is 77.0 Å². The molecule has 0 aromatic rings. The molecule has 19 nitrogen and oxygen atoms in total. The fourth-order valence-corrected chi connectivity index (χ4v) is 15.4. The van der Waals surface area contributed by atoms with Crippen LogP contribution in [-0.4, -0.2) is 175 Å². The molecule has 5 saturated heterocycles. The Labute approximate surface area is 680 Å². The van der Waals surface area contributed by atoms with Gasteiger partial charge in [-0.15, -0.1) is 0 Å². The van der Waals surface area contributed by atoms with Crippen LogP contribution >= 0.6 is 0 Å². The number of unbranched alkanes of at least 4 members (excludes halogenated alkanes) is 38. The molecule has 19 heteroatoms. The molecule has 0 radical (unpaired) electrons. The first-order valence-electron chi connectivity index (χ1n) is 47.0. The maximum absolute atomic E-state index is 12.2. The van der Waals surface area contributed by atoms with Crippen LogP contribution in [0.1, 0.15) is 410 Å². The van der Waals surface area contributed by atoms with E-state index in [2.05, 4.69) is 83.6 Å². The van der Waals surface area contributed by atoms with Crippen molar-refractivity contribution in [2.75, 3.05) is 91.6 Å². The zero-order valence-corrected chi connectivity index (χ0v) is 73.6. The van der Waals surface area contributed by atoms with Gasteiger partial charge < -0.3 is 45.8 Å². The lowest BCUT2D eigenvalue weighted by atomic mass is 9.98. The lowest BCUT2D eigenvalue weighted by Crippen LogP contribution is -2.33. The van der Waals surface area contributed by atoms with Crippen LogP contribution in [0.25, 0.3) is 0 Å². The molecule has 0 aromatic carbocycles. The summed E-state index contributed by atoms with van der Waals surface area (Å²) in [6, 6.07) is 0. The van der Waals surface area contributed by atoms with Crippen molar-refractivity contribution in [1.29, 1.82) is 0 Å². The lowest BCUT2D eigenvalue weighted by Gasteiger charge is -2.16. The maximum Gasteiger partial charge on any atom is 0.225 e. The summed E-state index contributed by atoms with van der Waals surface area (Å²) in [4.78, 5) is 129. The first-order chi connectivity index (χ1) is 53.9. The minimum atomic E-state index is -0.134. The number of hydrogen-bond donors (Lipinski definition) is 4. The molecule has 5 atom stereocenters. The second-order valence-corrected chi connectivity index (χ2v) is 33.1. The molecule has 5 rings (SSSR count). The van der Waals surface area contributed by atoms with Gasteiger partial charge in [0.2, 0.25) is 53.2 Å². The third-order valence-electron chi connectivity index (χ3n) is 22.8. The Balaban J connectivity index is 0.000000705. The van der Waals surface area contributed by atoms with Crippen molar-refractivity contribution in [3.63, 3.8) is 0 Å². The number of amides is 9. The standard InChI is InChI=1S/C26H50N2O2.C22H42N2O2.C16H30N2O2.C14H26N2O2.C14H25NO2/c1-3-5-7-8-9-10-11-12-13-14-15-16-17-19-21-28-23-24(22-25(28)29)26(30)27-20-18-6-4-2;1-3-5-7-8-9-10-11-12-13-15-17-24-19-20(18-21(24)25)22(26)23-16-14-6-4-2;1-3-5-7-8-10-17-16(20)14-12-15(19)18(13-14)11-9-6-4-2;1-3-5-6-7-8-15-14(18)12-10-13(17)16(11-12)9-4-2;1-3-5-6-7-8-9-13(16)12-10-14(17)15(4-2)11-12/h24H,3-23H2,1-2H3,(H,27,30);20H,3-19H2,1-2H3,(H,23,26);14H,3-13H2,1-2H3,(H,17,20);12H,3-11H2,1-2H3,(H,15,18);12H,3-11H2,1-2H3. The van der Waals surface area contributed by atoms with E-state index in [4.69, 9.17) is 0 Å². The number of carbonyl (C=O) groups excluding carboxylic acids is 10. The number of hydrogen-bond acceptors (Lipinski definition) is 10. The molecule has 5 fully saturated rings. The van der Waals surface area contributed by atoms with E-state index in [1.54, 1.807) is 9.80 Å². The molecule has 4 N–H and O–H groups in total. The van der Waals surface area contributed by atoms with E-state index >= 15 is 0 Å². The minimum Gasteiger partial charge on any atom is -0.356 e. The number of rotatable bonds is 62. The van der Waals surface area contributed by atoms with E-state index in [1.165, 1.54) is 199 Å². The Bertz CT molecular complexity index is 2410. The van der Waals surface area contributed by atoms with Crippen LogP contribution < -0.4 is 21.3 Å². The van der Waals surface area contributed by atoms with E-state index in [1.807, 2.05) is 21.6 Å². The quantitative estimate of drug-likeness (QED) is 0.0420. The fraction of sp³-hybridized carbons (Fsp3) is 0.891. The zero-order valence-electron chi connectivity index (χ0n) is 73.6. The Kier molecular flexibility index (Phi) is 66.9. The molecule has 9 amide bonds. The highest BCUT2D eigenvalue weighted by Crippen LogP contribution is 2.25. The van der Waals surface area contributed by atoms with Crippen LogP contribution in [0.3, 0.4) is 0 Å². The Hall–Kier alpha value is -5.10. The van der Waals surface area contributed by atoms with Gasteiger partial charge in [0.05, 0.1) is 23.7 Å². The van der Waals surface area contributed by atoms with Crippen molar-refractivity contribution in [3.05, 3.63) is 0 Å². The molecule has 0 bridgehead atoms. The number of nitrogens with zero attached hydrogens (tertiary/aromatic N) is 5. The van der Waals surface area contributed by atoms with Gasteiger partial charge in [-0.25, -0.2) is 0 Å². The number of nitrogens with one attached hydrogen (secondary N) is 4. The fourth-order valence-electron chi connectivity index (χ4n) is 15.4. The predicted octanol–water partition coefficient (Wildman–Crippen LogP) is 19.1. The smallest absolute Gasteiger partial charge is 0.225 e. The van der Waals surface area contributed by atoms with E-state index in [-0.39, 0.29) is 82.8 Å². The third-order valence-corrected chi connectivity index (χ3v) is 22.8. The molecule has 0 aromatic heterocycles. The Morgan fingerprint density at radius 3 is 0.703 bits per heavy atom. The van der Waals surface area contributed by atoms with Crippen molar-refractivity contribution >= 4 is 58.9 Å². The molecule has 111 heavy (non-hydrogen) atoms. The second-order valence-electron chi connectivity index (χ2n) is 33.1. The number of Topliss-reactive ketones (excluding diaryl/α,β-unsaturated/α-hetero) is 1. The molecule has 5 aliphatic heterocycles. The first kappa shape index (κ1) is 104. The molecular formula is C92H173N9O10.